The molecule has 1 aliphatic rings. The fourth-order valence-corrected chi connectivity index (χ4v) is 1.51. The molecule has 0 spiro atoms. The largest absolute Gasteiger partial charge is 0.393 e. The Kier molecular flexibility index (Phi) is 2.73. The lowest BCUT2D eigenvalue weighted by molar-refractivity contribution is -0.207. The first kappa shape index (κ1) is 9.92. The fourth-order valence-electron chi connectivity index (χ4n) is 1.51. The molecule has 72 valence electrons. The van der Waals surface area contributed by atoms with Crippen molar-refractivity contribution in [2.45, 2.75) is 50.7 Å². The fraction of sp³-hybridized carbons (Fsp3) is 1.00. The van der Waals surface area contributed by atoms with Crippen molar-refractivity contribution in [1.29, 1.82) is 0 Å². The molecular formula is C8H17NO3. The average molecular weight is 175 g/mol. The van der Waals surface area contributed by atoms with E-state index in [1.807, 2.05) is 0 Å². The van der Waals surface area contributed by atoms with Crippen LogP contribution in [0.2, 0.25) is 0 Å². The van der Waals surface area contributed by atoms with Crippen LogP contribution in [0.4, 0.5) is 0 Å². The molecule has 0 aromatic heterocycles. The highest BCUT2D eigenvalue weighted by atomic mass is 16.6. The zero-order valence-corrected chi connectivity index (χ0v) is 7.53. The molecule has 1 fully saturated rings. The summed E-state index contributed by atoms with van der Waals surface area (Å²) in [6.45, 7) is 3.12. The molecule has 4 N–H and O–H groups in total. The van der Waals surface area contributed by atoms with E-state index in [4.69, 9.17) is 10.5 Å². The molecule has 3 unspecified atom stereocenters. The third-order valence-electron chi connectivity index (χ3n) is 1.97. The molecule has 0 aliphatic heterocycles. The average Bonchev–Trinajstić information content (AvgIpc) is 2.06. The summed E-state index contributed by atoms with van der Waals surface area (Å²) in [6.07, 6.45) is 0.471. The van der Waals surface area contributed by atoms with Crippen molar-refractivity contribution in [3.63, 3.8) is 0 Å². The van der Waals surface area contributed by atoms with Gasteiger partial charge in [0.2, 0.25) is 0 Å². The van der Waals surface area contributed by atoms with E-state index in [0.29, 0.717) is 12.8 Å². The molecule has 0 radical (unpaired) electrons. The number of hydrogen-bond acceptors (Lipinski definition) is 4. The minimum Gasteiger partial charge on any atom is -0.393 e. The van der Waals surface area contributed by atoms with E-state index in [9.17, 15) is 10.2 Å². The number of rotatable bonds is 2. The van der Waals surface area contributed by atoms with Gasteiger partial charge in [0.05, 0.1) is 12.2 Å². The maximum absolute atomic E-state index is 9.32. The van der Waals surface area contributed by atoms with Crippen molar-refractivity contribution in [1.82, 2.24) is 0 Å². The van der Waals surface area contributed by atoms with Gasteiger partial charge in [-0.1, -0.05) is 0 Å². The third-order valence-corrected chi connectivity index (χ3v) is 1.97. The molecule has 4 heteroatoms. The Balaban J connectivity index is 2.43. The molecule has 4 nitrogen and oxygen atoms in total. The van der Waals surface area contributed by atoms with Crippen molar-refractivity contribution in [3.8, 4) is 0 Å². The van der Waals surface area contributed by atoms with E-state index in [1.54, 1.807) is 13.8 Å². The molecule has 0 heterocycles. The van der Waals surface area contributed by atoms with Crippen molar-refractivity contribution >= 4 is 0 Å². The zero-order chi connectivity index (χ0) is 9.35. The van der Waals surface area contributed by atoms with Gasteiger partial charge in [-0.3, -0.25) is 0 Å². The Morgan fingerprint density at radius 3 is 2.33 bits per heavy atom. The first-order valence-electron chi connectivity index (χ1n) is 4.22. The predicted molar refractivity (Wildman–Crippen MR) is 44.4 cm³/mol. The van der Waals surface area contributed by atoms with Gasteiger partial charge in [-0.05, 0) is 20.3 Å². The molecule has 0 aromatic rings. The van der Waals surface area contributed by atoms with Crippen LogP contribution in [0.1, 0.15) is 26.7 Å². The summed E-state index contributed by atoms with van der Waals surface area (Å²) in [5, 5.41) is 18.5. The SMILES string of the molecule is CC(C)(O)OC1CC(O)CC1N. The third kappa shape index (κ3) is 2.71. The number of hydrogen-bond donors (Lipinski definition) is 3. The number of ether oxygens (including phenoxy) is 1. The highest BCUT2D eigenvalue weighted by Crippen LogP contribution is 2.24. The second-order valence-electron chi connectivity index (χ2n) is 3.89. The van der Waals surface area contributed by atoms with Gasteiger partial charge < -0.3 is 20.7 Å². The van der Waals surface area contributed by atoms with E-state index in [2.05, 4.69) is 0 Å². The predicted octanol–water partition coefficient (Wildman–Crippen LogP) is -0.418. The molecule has 3 atom stereocenters. The minimum atomic E-state index is -1.16. The number of nitrogens with two attached hydrogens (primary N) is 1. The van der Waals surface area contributed by atoms with Crippen LogP contribution in [0, 0.1) is 0 Å². The highest BCUT2D eigenvalue weighted by molar-refractivity contribution is 4.87. The molecule has 0 bridgehead atoms. The molecule has 1 rings (SSSR count). The quantitative estimate of drug-likeness (QED) is 0.498. The van der Waals surface area contributed by atoms with Gasteiger partial charge in [-0.2, -0.15) is 0 Å². The minimum absolute atomic E-state index is 0.161. The van der Waals surface area contributed by atoms with Crippen LogP contribution in [0.25, 0.3) is 0 Å². The summed E-state index contributed by atoms with van der Waals surface area (Å²) in [6, 6.07) is -0.161. The molecule has 0 amide bonds. The molecule has 0 aromatic carbocycles. The lowest BCUT2D eigenvalue weighted by Gasteiger charge is -2.25. The lowest BCUT2D eigenvalue weighted by Crippen LogP contribution is -2.38. The van der Waals surface area contributed by atoms with Crippen molar-refractivity contribution in [3.05, 3.63) is 0 Å². The number of aliphatic hydroxyl groups excluding tert-OH is 1. The van der Waals surface area contributed by atoms with Crippen LogP contribution in [-0.4, -0.2) is 34.2 Å². The normalized spacial score (nSPS) is 37.2. The van der Waals surface area contributed by atoms with Gasteiger partial charge in [0.15, 0.2) is 5.79 Å². The summed E-state index contributed by atoms with van der Waals surface area (Å²) in [4.78, 5) is 0. The van der Waals surface area contributed by atoms with Crippen LogP contribution in [0.15, 0.2) is 0 Å². The van der Waals surface area contributed by atoms with E-state index < -0.39 is 5.79 Å². The standard InChI is InChI=1S/C8H17NO3/c1-8(2,11)12-7-4-5(10)3-6(7)9/h5-7,10-11H,3-4,9H2,1-2H3. The maximum atomic E-state index is 9.32. The topological polar surface area (TPSA) is 75.7 Å². The van der Waals surface area contributed by atoms with Crippen LogP contribution in [0.3, 0.4) is 0 Å². The van der Waals surface area contributed by atoms with Crippen LogP contribution >= 0.6 is 0 Å². The van der Waals surface area contributed by atoms with Gasteiger partial charge in [-0.15, -0.1) is 0 Å². The van der Waals surface area contributed by atoms with E-state index in [-0.39, 0.29) is 18.2 Å². The van der Waals surface area contributed by atoms with Crippen LogP contribution in [-0.2, 0) is 4.74 Å². The van der Waals surface area contributed by atoms with Gasteiger partial charge in [0, 0.05) is 12.5 Å². The lowest BCUT2D eigenvalue weighted by atomic mass is 10.2. The maximum Gasteiger partial charge on any atom is 0.160 e. The highest BCUT2D eigenvalue weighted by Gasteiger charge is 2.34. The van der Waals surface area contributed by atoms with E-state index >= 15 is 0 Å². The molecule has 0 saturated heterocycles. The summed E-state index contributed by atoms with van der Waals surface area (Å²) in [5.74, 6) is -1.16. The monoisotopic (exact) mass is 175 g/mol. The smallest absolute Gasteiger partial charge is 0.160 e. The second kappa shape index (κ2) is 3.30. The molecule has 12 heavy (non-hydrogen) atoms. The Morgan fingerprint density at radius 1 is 1.42 bits per heavy atom. The first-order valence-corrected chi connectivity index (χ1v) is 4.22. The zero-order valence-electron chi connectivity index (χ0n) is 7.53. The Morgan fingerprint density at radius 2 is 2.00 bits per heavy atom. The molecular weight excluding hydrogens is 158 g/mol. The summed E-state index contributed by atoms with van der Waals surface area (Å²) < 4.78 is 5.25. The summed E-state index contributed by atoms with van der Waals surface area (Å²) >= 11 is 0. The Hall–Kier alpha value is -0.160. The first-order chi connectivity index (χ1) is 5.38. The van der Waals surface area contributed by atoms with Gasteiger partial charge in [0.25, 0.3) is 0 Å². The van der Waals surface area contributed by atoms with E-state index in [0.717, 1.165) is 0 Å². The van der Waals surface area contributed by atoms with E-state index in [1.165, 1.54) is 0 Å². The molecule has 1 aliphatic carbocycles. The van der Waals surface area contributed by atoms with Crippen molar-refractivity contribution < 1.29 is 14.9 Å². The summed E-state index contributed by atoms with van der Waals surface area (Å²) in [7, 11) is 0. The second-order valence-corrected chi connectivity index (χ2v) is 3.89. The van der Waals surface area contributed by atoms with Crippen LogP contribution in [0.5, 0.6) is 0 Å². The van der Waals surface area contributed by atoms with Crippen LogP contribution < -0.4 is 5.73 Å². The summed E-state index contributed by atoms with van der Waals surface area (Å²) in [5.41, 5.74) is 5.68. The Bertz CT molecular complexity index is 155. The van der Waals surface area contributed by atoms with Gasteiger partial charge in [0.1, 0.15) is 0 Å². The number of aliphatic hydroxyl groups is 2. The molecule has 1 saturated carbocycles. The van der Waals surface area contributed by atoms with Crippen molar-refractivity contribution in [2.75, 3.05) is 0 Å². The van der Waals surface area contributed by atoms with Gasteiger partial charge in [-0.25, -0.2) is 0 Å². The van der Waals surface area contributed by atoms with Crippen molar-refractivity contribution in [2.24, 2.45) is 5.73 Å². The van der Waals surface area contributed by atoms with Gasteiger partial charge >= 0.3 is 0 Å². The Labute approximate surface area is 72.3 Å².